The van der Waals surface area contributed by atoms with Gasteiger partial charge in [-0.25, -0.2) is 9.59 Å². The first kappa shape index (κ1) is 20.0. The first-order chi connectivity index (χ1) is 13.5. The van der Waals surface area contributed by atoms with Crippen LogP contribution >= 0.6 is 11.3 Å². The van der Waals surface area contributed by atoms with Crippen LogP contribution in [0.3, 0.4) is 0 Å². The van der Waals surface area contributed by atoms with Crippen LogP contribution in [0.5, 0.6) is 0 Å². The van der Waals surface area contributed by atoms with Gasteiger partial charge in [-0.15, -0.1) is 11.3 Å². The highest BCUT2D eigenvalue weighted by atomic mass is 32.1. The van der Waals surface area contributed by atoms with Crippen molar-refractivity contribution >= 4 is 34.9 Å². The fourth-order valence-corrected chi connectivity index (χ4v) is 4.46. The van der Waals surface area contributed by atoms with E-state index in [0.717, 1.165) is 19.4 Å². The molecule has 8 heteroatoms. The Morgan fingerprint density at radius 2 is 1.82 bits per heavy atom. The average Bonchev–Trinajstić information content (AvgIpc) is 3.37. The van der Waals surface area contributed by atoms with E-state index in [0.29, 0.717) is 18.3 Å². The molecule has 2 N–H and O–H groups in total. The number of ether oxygens (including phenoxy) is 2. The van der Waals surface area contributed by atoms with Crippen LogP contribution in [0.25, 0.3) is 0 Å². The van der Waals surface area contributed by atoms with Crippen molar-refractivity contribution in [3.05, 3.63) is 51.7 Å². The summed E-state index contributed by atoms with van der Waals surface area (Å²) in [5.41, 5.74) is 0.705. The van der Waals surface area contributed by atoms with Crippen LogP contribution in [0.4, 0.5) is 5.69 Å². The standard InChI is InChI=1S/C20H22N2O5S/c1-26-19(24)13-9-14(20(25)27-2)11-15(10-13)21-18(23)12-22-7-3-5-16(22)17-6-4-8-28-17/h4,6,8-11,16H,3,5,7,12H2,1-2H3,(H,21,23)/p+1/t16-/m1/s1. The molecule has 28 heavy (non-hydrogen) atoms. The Morgan fingerprint density at radius 1 is 1.14 bits per heavy atom. The molecule has 1 amide bonds. The van der Waals surface area contributed by atoms with Crippen LogP contribution < -0.4 is 10.2 Å². The van der Waals surface area contributed by atoms with Crippen LogP contribution in [0.15, 0.2) is 35.7 Å². The van der Waals surface area contributed by atoms with Crippen molar-refractivity contribution in [1.29, 1.82) is 0 Å². The zero-order chi connectivity index (χ0) is 20.1. The number of nitrogens with one attached hydrogen (secondary N) is 2. The molecule has 2 heterocycles. The third-order valence-electron chi connectivity index (χ3n) is 4.82. The van der Waals surface area contributed by atoms with Gasteiger partial charge in [0.15, 0.2) is 6.54 Å². The lowest BCUT2D eigenvalue weighted by Gasteiger charge is -2.20. The SMILES string of the molecule is COC(=O)c1cc(NC(=O)C[NH+]2CCC[C@@H]2c2cccs2)cc(C(=O)OC)c1. The topological polar surface area (TPSA) is 86.1 Å². The number of carbonyl (C=O) groups excluding carboxylic acids is 3. The third kappa shape index (κ3) is 4.58. The lowest BCUT2D eigenvalue weighted by molar-refractivity contribution is -0.910. The fourth-order valence-electron chi connectivity index (χ4n) is 3.54. The molecule has 1 fully saturated rings. The average molecular weight is 403 g/mol. The van der Waals surface area contributed by atoms with E-state index < -0.39 is 11.9 Å². The van der Waals surface area contributed by atoms with E-state index in [4.69, 9.17) is 9.47 Å². The lowest BCUT2D eigenvalue weighted by atomic mass is 10.1. The molecule has 2 aromatic rings. The molecule has 0 radical (unpaired) electrons. The van der Waals surface area contributed by atoms with Gasteiger partial charge in [-0.3, -0.25) is 4.79 Å². The van der Waals surface area contributed by atoms with Gasteiger partial charge >= 0.3 is 11.9 Å². The molecule has 1 unspecified atom stereocenters. The number of thiophene rings is 1. The van der Waals surface area contributed by atoms with Crippen LogP contribution in [0, 0.1) is 0 Å². The molecule has 2 atom stereocenters. The highest BCUT2D eigenvalue weighted by molar-refractivity contribution is 7.10. The van der Waals surface area contributed by atoms with Crippen molar-refractivity contribution in [2.45, 2.75) is 18.9 Å². The minimum atomic E-state index is -0.593. The molecule has 1 aromatic carbocycles. The predicted molar refractivity (Wildman–Crippen MR) is 105 cm³/mol. The summed E-state index contributed by atoms with van der Waals surface area (Å²) in [6.45, 7) is 1.25. The molecular weight excluding hydrogens is 380 g/mol. The van der Waals surface area contributed by atoms with Gasteiger partial charge in [0.25, 0.3) is 5.91 Å². The number of quaternary nitrogens is 1. The van der Waals surface area contributed by atoms with Crippen molar-refractivity contribution < 1.29 is 28.8 Å². The van der Waals surface area contributed by atoms with E-state index in [9.17, 15) is 14.4 Å². The monoisotopic (exact) mass is 403 g/mol. The molecule has 1 saturated heterocycles. The maximum Gasteiger partial charge on any atom is 0.337 e. The number of rotatable bonds is 6. The second kappa shape index (κ2) is 8.99. The summed E-state index contributed by atoms with van der Waals surface area (Å²) in [5.74, 6) is -1.36. The lowest BCUT2D eigenvalue weighted by Crippen LogP contribution is -3.11. The van der Waals surface area contributed by atoms with E-state index >= 15 is 0 Å². The van der Waals surface area contributed by atoms with Gasteiger partial charge in [0.1, 0.15) is 6.04 Å². The quantitative estimate of drug-likeness (QED) is 0.717. The molecular formula is C20H23N2O5S+. The highest BCUT2D eigenvalue weighted by Crippen LogP contribution is 2.23. The van der Waals surface area contributed by atoms with Gasteiger partial charge in [-0.1, -0.05) is 6.07 Å². The molecule has 0 aliphatic carbocycles. The first-order valence-electron chi connectivity index (χ1n) is 9.01. The fraction of sp³-hybridized carbons (Fsp3) is 0.350. The molecule has 148 valence electrons. The van der Waals surface area contributed by atoms with E-state index in [1.165, 1.54) is 42.2 Å². The molecule has 0 saturated carbocycles. The van der Waals surface area contributed by atoms with E-state index in [1.807, 2.05) is 6.07 Å². The molecule has 0 spiro atoms. The summed E-state index contributed by atoms with van der Waals surface area (Å²) in [6, 6.07) is 8.84. The Bertz CT molecular complexity index is 831. The Labute approximate surface area is 167 Å². The summed E-state index contributed by atoms with van der Waals surface area (Å²) in [7, 11) is 2.51. The van der Waals surface area contributed by atoms with Crippen LogP contribution in [-0.2, 0) is 14.3 Å². The number of esters is 2. The van der Waals surface area contributed by atoms with Gasteiger partial charge in [0, 0.05) is 18.5 Å². The van der Waals surface area contributed by atoms with Gasteiger partial charge in [0.2, 0.25) is 0 Å². The number of likely N-dealkylation sites (tertiary alicyclic amines) is 1. The molecule has 1 aliphatic rings. The second-order valence-electron chi connectivity index (χ2n) is 6.63. The third-order valence-corrected chi connectivity index (χ3v) is 5.80. The Kier molecular flexibility index (Phi) is 6.43. The number of hydrogen-bond acceptors (Lipinski definition) is 6. The summed E-state index contributed by atoms with van der Waals surface area (Å²) in [4.78, 5) is 38.9. The largest absolute Gasteiger partial charge is 0.465 e. The highest BCUT2D eigenvalue weighted by Gasteiger charge is 2.32. The smallest absolute Gasteiger partial charge is 0.337 e. The Hall–Kier alpha value is -2.71. The van der Waals surface area contributed by atoms with Crippen LogP contribution in [-0.4, -0.2) is 45.2 Å². The summed E-state index contributed by atoms with van der Waals surface area (Å²) in [6.07, 6.45) is 2.14. The minimum Gasteiger partial charge on any atom is -0.465 e. The Balaban J connectivity index is 1.74. The van der Waals surface area contributed by atoms with Crippen molar-refractivity contribution in [2.75, 3.05) is 32.6 Å². The van der Waals surface area contributed by atoms with Crippen LogP contribution in [0.1, 0.15) is 44.5 Å². The van der Waals surface area contributed by atoms with Gasteiger partial charge < -0.3 is 19.7 Å². The number of hydrogen-bond donors (Lipinski definition) is 2. The van der Waals surface area contributed by atoms with E-state index in [-0.39, 0.29) is 17.0 Å². The maximum absolute atomic E-state index is 12.6. The molecule has 1 aromatic heterocycles. The van der Waals surface area contributed by atoms with Crippen LogP contribution in [0.2, 0.25) is 0 Å². The van der Waals surface area contributed by atoms with Gasteiger partial charge in [-0.2, -0.15) is 0 Å². The predicted octanol–water partition coefficient (Wildman–Crippen LogP) is 1.68. The molecule has 1 aliphatic heterocycles. The van der Waals surface area contributed by atoms with Crippen molar-refractivity contribution in [2.24, 2.45) is 0 Å². The van der Waals surface area contributed by atoms with Gasteiger partial charge in [-0.05, 0) is 29.6 Å². The number of carbonyl (C=O) groups is 3. The normalized spacial score (nSPS) is 18.5. The summed E-state index contributed by atoms with van der Waals surface area (Å²) in [5, 5.41) is 4.86. The Morgan fingerprint density at radius 3 is 2.39 bits per heavy atom. The second-order valence-corrected chi connectivity index (χ2v) is 7.60. The number of anilines is 1. The number of amides is 1. The summed E-state index contributed by atoms with van der Waals surface area (Å²) >= 11 is 1.72. The van der Waals surface area contributed by atoms with Crippen molar-refractivity contribution in [3.63, 3.8) is 0 Å². The first-order valence-corrected chi connectivity index (χ1v) is 9.89. The van der Waals surface area contributed by atoms with E-state index in [2.05, 4.69) is 16.8 Å². The molecule has 0 bridgehead atoms. The van der Waals surface area contributed by atoms with Crippen molar-refractivity contribution in [1.82, 2.24) is 0 Å². The van der Waals surface area contributed by atoms with Gasteiger partial charge in [0.05, 0.1) is 36.8 Å². The zero-order valence-corrected chi connectivity index (χ0v) is 16.6. The molecule has 7 nitrogen and oxygen atoms in total. The zero-order valence-electron chi connectivity index (χ0n) is 15.8. The number of benzene rings is 1. The van der Waals surface area contributed by atoms with E-state index in [1.54, 1.807) is 11.3 Å². The molecule has 3 rings (SSSR count). The minimum absolute atomic E-state index is 0.170. The number of methoxy groups -OCH3 is 2. The summed E-state index contributed by atoms with van der Waals surface area (Å²) < 4.78 is 9.44. The van der Waals surface area contributed by atoms with Crippen molar-refractivity contribution in [3.8, 4) is 0 Å². The maximum atomic E-state index is 12.6.